The molecule has 3 heteroatoms. The van der Waals surface area contributed by atoms with E-state index in [-0.39, 0.29) is 18.0 Å². The largest absolute Gasteiger partial charge is 0.461 e. The van der Waals surface area contributed by atoms with Crippen molar-refractivity contribution in [2.75, 3.05) is 0 Å². The van der Waals surface area contributed by atoms with E-state index in [0.29, 0.717) is 19.4 Å². The van der Waals surface area contributed by atoms with Crippen molar-refractivity contribution < 1.29 is 14.6 Å². The van der Waals surface area contributed by atoms with Gasteiger partial charge >= 0.3 is 5.97 Å². The van der Waals surface area contributed by atoms with Crippen molar-refractivity contribution in [1.82, 2.24) is 0 Å². The van der Waals surface area contributed by atoms with Gasteiger partial charge in [0.1, 0.15) is 6.61 Å². The van der Waals surface area contributed by atoms with Crippen molar-refractivity contribution in [1.29, 1.82) is 0 Å². The maximum absolute atomic E-state index is 11.6. The van der Waals surface area contributed by atoms with Gasteiger partial charge in [0.15, 0.2) is 0 Å². The summed E-state index contributed by atoms with van der Waals surface area (Å²) >= 11 is 0. The Kier molecular flexibility index (Phi) is 3.57. The predicted octanol–water partition coefficient (Wildman–Crippen LogP) is 1.89. The lowest BCUT2D eigenvalue weighted by Gasteiger charge is -2.09. The lowest BCUT2D eigenvalue weighted by molar-refractivity contribution is -0.149. The van der Waals surface area contributed by atoms with E-state index in [9.17, 15) is 9.90 Å². The molecule has 2 atom stereocenters. The standard InChI is InChI=1S/C13H16O3/c14-12-7-6-11(8-12)13(15)16-9-10-4-2-1-3-5-10/h1-5,11-12,14H,6-9H2/t11-,12-/m0/s1. The lowest BCUT2D eigenvalue weighted by atomic mass is 10.1. The van der Waals surface area contributed by atoms with Gasteiger partial charge in [-0.25, -0.2) is 0 Å². The number of aliphatic hydroxyl groups excluding tert-OH is 1. The van der Waals surface area contributed by atoms with Crippen LogP contribution in [-0.2, 0) is 16.1 Å². The lowest BCUT2D eigenvalue weighted by Crippen LogP contribution is -2.15. The molecule has 0 unspecified atom stereocenters. The van der Waals surface area contributed by atoms with Gasteiger partial charge in [-0.3, -0.25) is 4.79 Å². The molecule has 1 aromatic carbocycles. The van der Waals surface area contributed by atoms with E-state index >= 15 is 0 Å². The van der Waals surface area contributed by atoms with Crippen molar-refractivity contribution >= 4 is 5.97 Å². The summed E-state index contributed by atoms with van der Waals surface area (Å²) < 4.78 is 5.21. The number of rotatable bonds is 3. The first-order valence-corrected chi connectivity index (χ1v) is 5.64. The van der Waals surface area contributed by atoms with Crippen molar-refractivity contribution in [3.05, 3.63) is 35.9 Å². The zero-order valence-electron chi connectivity index (χ0n) is 9.13. The Bertz CT molecular complexity index is 347. The van der Waals surface area contributed by atoms with Crippen molar-refractivity contribution in [3.8, 4) is 0 Å². The molecule has 0 amide bonds. The van der Waals surface area contributed by atoms with Gasteiger partial charge < -0.3 is 9.84 Å². The second-order valence-corrected chi connectivity index (χ2v) is 4.26. The topological polar surface area (TPSA) is 46.5 Å². The molecular weight excluding hydrogens is 204 g/mol. The summed E-state index contributed by atoms with van der Waals surface area (Å²) in [6.07, 6.45) is 1.68. The number of hydrogen-bond donors (Lipinski definition) is 1. The number of benzene rings is 1. The Morgan fingerprint density at radius 3 is 2.69 bits per heavy atom. The molecule has 1 fully saturated rings. The van der Waals surface area contributed by atoms with Crippen LogP contribution in [0.3, 0.4) is 0 Å². The molecule has 1 aliphatic rings. The third-order valence-corrected chi connectivity index (χ3v) is 2.96. The van der Waals surface area contributed by atoms with E-state index in [2.05, 4.69) is 0 Å². The van der Waals surface area contributed by atoms with Crippen molar-refractivity contribution in [3.63, 3.8) is 0 Å². The van der Waals surface area contributed by atoms with Gasteiger partial charge in [-0.2, -0.15) is 0 Å². The van der Waals surface area contributed by atoms with Crippen LogP contribution in [0.25, 0.3) is 0 Å². The van der Waals surface area contributed by atoms with E-state index in [4.69, 9.17) is 4.74 Å². The molecule has 0 saturated heterocycles. The first-order chi connectivity index (χ1) is 7.75. The fourth-order valence-corrected chi connectivity index (χ4v) is 2.02. The summed E-state index contributed by atoms with van der Waals surface area (Å²) in [5, 5.41) is 9.33. The number of hydrogen-bond acceptors (Lipinski definition) is 3. The summed E-state index contributed by atoms with van der Waals surface area (Å²) in [5.74, 6) is -0.292. The maximum Gasteiger partial charge on any atom is 0.309 e. The number of esters is 1. The van der Waals surface area contributed by atoms with Gasteiger partial charge in [0.05, 0.1) is 12.0 Å². The van der Waals surface area contributed by atoms with Crippen LogP contribution in [-0.4, -0.2) is 17.2 Å². The fraction of sp³-hybridized carbons (Fsp3) is 0.462. The highest BCUT2D eigenvalue weighted by molar-refractivity contribution is 5.72. The Labute approximate surface area is 95.0 Å². The second kappa shape index (κ2) is 5.12. The molecule has 0 aliphatic heterocycles. The minimum atomic E-state index is -0.325. The highest BCUT2D eigenvalue weighted by Crippen LogP contribution is 2.26. The normalized spacial score (nSPS) is 24.3. The van der Waals surface area contributed by atoms with Crippen molar-refractivity contribution in [2.24, 2.45) is 5.92 Å². The van der Waals surface area contributed by atoms with Crippen LogP contribution in [0, 0.1) is 5.92 Å². The van der Waals surface area contributed by atoms with Crippen LogP contribution >= 0.6 is 0 Å². The van der Waals surface area contributed by atoms with Crippen LogP contribution in [0.5, 0.6) is 0 Å². The number of carbonyl (C=O) groups excluding carboxylic acids is 1. The minimum Gasteiger partial charge on any atom is -0.461 e. The van der Waals surface area contributed by atoms with Gasteiger partial charge in [-0.15, -0.1) is 0 Å². The van der Waals surface area contributed by atoms with Gasteiger partial charge in [-0.05, 0) is 24.8 Å². The smallest absolute Gasteiger partial charge is 0.309 e. The molecule has 1 saturated carbocycles. The summed E-state index contributed by atoms with van der Waals surface area (Å²) in [5.41, 5.74) is 0.995. The first-order valence-electron chi connectivity index (χ1n) is 5.64. The van der Waals surface area contributed by atoms with E-state index < -0.39 is 0 Å². The summed E-state index contributed by atoms with van der Waals surface area (Å²) in [6, 6.07) is 9.62. The molecule has 86 valence electrons. The Morgan fingerprint density at radius 1 is 1.31 bits per heavy atom. The quantitative estimate of drug-likeness (QED) is 0.791. The van der Waals surface area contributed by atoms with Gasteiger partial charge in [-0.1, -0.05) is 30.3 Å². The minimum absolute atomic E-state index is 0.112. The van der Waals surface area contributed by atoms with E-state index in [1.165, 1.54) is 0 Å². The zero-order valence-corrected chi connectivity index (χ0v) is 9.13. The number of ether oxygens (including phenoxy) is 1. The average molecular weight is 220 g/mol. The van der Waals surface area contributed by atoms with E-state index in [1.807, 2.05) is 30.3 Å². The first kappa shape index (κ1) is 11.1. The molecule has 3 nitrogen and oxygen atoms in total. The summed E-state index contributed by atoms with van der Waals surface area (Å²) in [7, 11) is 0. The van der Waals surface area contributed by atoms with E-state index in [1.54, 1.807) is 0 Å². The van der Waals surface area contributed by atoms with Crippen LogP contribution in [0.4, 0.5) is 0 Å². The number of aliphatic hydroxyl groups is 1. The number of carbonyl (C=O) groups is 1. The Hall–Kier alpha value is -1.35. The molecule has 0 bridgehead atoms. The molecule has 1 aromatic rings. The zero-order chi connectivity index (χ0) is 11.4. The van der Waals surface area contributed by atoms with Crippen LogP contribution in [0.2, 0.25) is 0 Å². The molecule has 0 heterocycles. The van der Waals surface area contributed by atoms with Crippen LogP contribution in [0.1, 0.15) is 24.8 Å². The molecule has 0 aromatic heterocycles. The Morgan fingerprint density at radius 2 is 2.06 bits per heavy atom. The van der Waals surface area contributed by atoms with Gasteiger partial charge in [0, 0.05) is 0 Å². The maximum atomic E-state index is 11.6. The highest BCUT2D eigenvalue weighted by Gasteiger charge is 2.29. The molecule has 2 rings (SSSR count). The Balaban J connectivity index is 1.80. The molecule has 1 N–H and O–H groups in total. The van der Waals surface area contributed by atoms with Gasteiger partial charge in [0.2, 0.25) is 0 Å². The van der Waals surface area contributed by atoms with Crippen LogP contribution < -0.4 is 0 Å². The van der Waals surface area contributed by atoms with Gasteiger partial charge in [0.25, 0.3) is 0 Å². The average Bonchev–Trinajstić information content (AvgIpc) is 2.74. The predicted molar refractivity (Wildman–Crippen MR) is 59.6 cm³/mol. The molecule has 1 aliphatic carbocycles. The monoisotopic (exact) mass is 220 g/mol. The molecular formula is C13H16O3. The highest BCUT2D eigenvalue weighted by atomic mass is 16.5. The third-order valence-electron chi connectivity index (χ3n) is 2.96. The molecule has 16 heavy (non-hydrogen) atoms. The second-order valence-electron chi connectivity index (χ2n) is 4.26. The summed E-state index contributed by atoms with van der Waals surface area (Å²) in [4.78, 5) is 11.6. The summed E-state index contributed by atoms with van der Waals surface area (Å²) in [6.45, 7) is 0.326. The third kappa shape index (κ3) is 2.83. The molecule has 0 spiro atoms. The van der Waals surface area contributed by atoms with E-state index in [0.717, 1.165) is 12.0 Å². The fourth-order valence-electron chi connectivity index (χ4n) is 2.02. The van der Waals surface area contributed by atoms with Crippen LogP contribution in [0.15, 0.2) is 30.3 Å². The van der Waals surface area contributed by atoms with Crippen molar-refractivity contribution in [2.45, 2.75) is 32.0 Å². The SMILES string of the molecule is O=C(OCc1ccccc1)[C@H]1CC[C@H](O)C1. The molecule has 0 radical (unpaired) electrons.